The van der Waals surface area contributed by atoms with Gasteiger partial charge in [-0.2, -0.15) is 0 Å². The van der Waals surface area contributed by atoms with Crippen LogP contribution in [0.3, 0.4) is 0 Å². The van der Waals surface area contributed by atoms with E-state index in [0.29, 0.717) is 0 Å². The van der Waals surface area contributed by atoms with Crippen molar-refractivity contribution < 1.29 is 9.83 Å². The normalized spacial score (nSPS) is 11.5. The van der Waals surface area contributed by atoms with E-state index in [-0.39, 0.29) is 0 Å². The number of benzene rings is 1. The van der Waals surface area contributed by atoms with E-state index in [0.717, 1.165) is 5.19 Å². The standard InChI is InChI=1S/C8H12O2Si/c1-11(2,10-9)8-6-4-3-5-7-8/h3-7,9H,1-2H3. The molecule has 1 rings (SSSR count). The molecule has 3 heteroatoms. The van der Waals surface area contributed by atoms with Gasteiger partial charge in [0.05, 0.1) is 0 Å². The molecule has 0 bridgehead atoms. The van der Waals surface area contributed by atoms with Crippen molar-refractivity contribution in [1.29, 1.82) is 0 Å². The number of hydrogen-bond acceptors (Lipinski definition) is 2. The zero-order chi connectivity index (χ0) is 8.32. The van der Waals surface area contributed by atoms with E-state index in [1.54, 1.807) is 0 Å². The molecule has 60 valence electrons. The van der Waals surface area contributed by atoms with Crippen molar-refractivity contribution in [2.24, 2.45) is 0 Å². The first-order valence-corrected chi connectivity index (χ1v) is 6.46. The molecule has 0 heterocycles. The second kappa shape index (κ2) is 3.17. The van der Waals surface area contributed by atoms with E-state index < -0.39 is 8.32 Å². The summed E-state index contributed by atoms with van der Waals surface area (Å²) in [6.45, 7) is 3.89. The zero-order valence-corrected chi connectivity index (χ0v) is 7.74. The van der Waals surface area contributed by atoms with Crippen LogP contribution in [-0.2, 0) is 4.58 Å². The maximum absolute atomic E-state index is 8.61. The predicted octanol–water partition coefficient (Wildman–Crippen LogP) is 1.59. The molecule has 0 saturated carbocycles. The molecule has 0 fully saturated rings. The Morgan fingerprint density at radius 2 is 1.73 bits per heavy atom. The van der Waals surface area contributed by atoms with Gasteiger partial charge in [-0.3, -0.25) is 9.83 Å². The minimum atomic E-state index is -2.00. The first kappa shape index (κ1) is 8.45. The van der Waals surface area contributed by atoms with Crippen LogP contribution in [-0.4, -0.2) is 13.6 Å². The zero-order valence-electron chi connectivity index (χ0n) is 6.74. The Morgan fingerprint density at radius 1 is 1.18 bits per heavy atom. The summed E-state index contributed by atoms with van der Waals surface area (Å²) in [7, 11) is -2.00. The highest BCUT2D eigenvalue weighted by atomic mass is 28.4. The van der Waals surface area contributed by atoms with E-state index in [2.05, 4.69) is 4.58 Å². The van der Waals surface area contributed by atoms with Crippen molar-refractivity contribution in [3.05, 3.63) is 30.3 Å². The Bertz CT molecular complexity index is 221. The summed E-state index contributed by atoms with van der Waals surface area (Å²) in [6, 6.07) is 9.79. The molecule has 0 aliphatic heterocycles. The van der Waals surface area contributed by atoms with E-state index in [1.807, 2.05) is 43.4 Å². The van der Waals surface area contributed by atoms with Gasteiger partial charge in [0.2, 0.25) is 0 Å². The second-order valence-electron chi connectivity index (χ2n) is 2.97. The largest absolute Gasteiger partial charge is 0.284 e. The first-order chi connectivity index (χ1) is 5.17. The molecule has 0 aromatic heterocycles. The van der Waals surface area contributed by atoms with Gasteiger partial charge in [-0.05, 0) is 18.3 Å². The van der Waals surface area contributed by atoms with Gasteiger partial charge in [-0.15, -0.1) is 0 Å². The van der Waals surface area contributed by atoms with Crippen molar-refractivity contribution in [2.45, 2.75) is 13.1 Å². The topological polar surface area (TPSA) is 29.5 Å². The Balaban J connectivity index is 2.93. The lowest BCUT2D eigenvalue weighted by molar-refractivity contribution is -0.147. The fourth-order valence-electron chi connectivity index (χ4n) is 0.892. The average Bonchev–Trinajstić information content (AvgIpc) is 2.06. The van der Waals surface area contributed by atoms with Crippen molar-refractivity contribution >= 4 is 13.5 Å². The molecular weight excluding hydrogens is 156 g/mol. The lowest BCUT2D eigenvalue weighted by atomic mass is 10.4. The quantitative estimate of drug-likeness (QED) is 0.413. The minimum Gasteiger partial charge on any atom is -0.284 e. The molecule has 1 aromatic carbocycles. The van der Waals surface area contributed by atoms with Crippen LogP contribution >= 0.6 is 0 Å². The molecule has 0 saturated heterocycles. The molecule has 0 radical (unpaired) electrons. The SMILES string of the molecule is C[Si](C)(OO)c1ccccc1. The molecule has 2 nitrogen and oxygen atoms in total. The average molecular weight is 168 g/mol. The fourth-order valence-corrected chi connectivity index (χ4v) is 1.99. The van der Waals surface area contributed by atoms with Gasteiger partial charge in [0.1, 0.15) is 0 Å². The highest BCUT2D eigenvalue weighted by molar-refractivity contribution is 6.84. The Hall–Kier alpha value is -0.643. The number of hydrogen-bond donors (Lipinski definition) is 1. The maximum Gasteiger partial charge on any atom is 0.263 e. The summed E-state index contributed by atoms with van der Waals surface area (Å²) in [5.74, 6) is 0. The first-order valence-electron chi connectivity index (χ1n) is 3.55. The van der Waals surface area contributed by atoms with E-state index in [9.17, 15) is 0 Å². The fraction of sp³-hybridized carbons (Fsp3) is 0.250. The summed E-state index contributed by atoms with van der Waals surface area (Å²) in [4.78, 5) is 0. The van der Waals surface area contributed by atoms with Gasteiger partial charge in [0.25, 0.3) is 8.32 Å². The third kappa shape index (κ3) is 1.89. The molecule has 1 aromatic rings. The van der Waals surface area contributed by atoms with Gasteiger partial charge in [0.15, 0.2) is 0 Å². The third-order valence-electron chi connectivity index (χ3n) is 1.70. The summed E-state index contributed by atoms with van der Waals surface area (Å²) < 4.78 is 4.46. The predicted molar refractivity (Wildman–Crippen MR) is 47.3 cm³/mol. The summed E-state index contributed by atoms with van der Waals surface area (Å²) in [5.41, 5.74) is 0. The van der Waals surface area contributed by atoms with Crippen LogP contribution in [0, 0.1) is 0 Å². The lowest BCUT2D eigenvalue weighted by Gasteiger charge is -2.16. The smallest absolute Gasteiger partial charge is 0.263 e. The van der Waals surface area contributed by atoms with Crippen LogP contribution < -0.4 is 5.19 Å². The van der Waals surface area contributed by atoms with Crippen LogP contribution in [0.2, 0.25) is 13.1 Å². The van der Waals surface area contributed by atoms with Crippen molar-refractivity contribution in [3.63, 3.8) is 0 Å². The third-order valence-corrected chi connectivity index (χ3v) is 3.88. The second-order valence-corrected chi connectivity index (χ2v) is 6.75. The number of rotatable bonds is 2. The molecule has 0 amide bonds. The Kier molecular flexibility index (Phi) is 2.44. The van der Waals surface area contributed by atoms with Crippen LogP contribution in [0.25, 0.3) is 0 Å². The monoisotopic (exact) mass is 168 g/mol. The molecule has 1 N–H and O–H groups in total. The maximum atomic E-state index is 8.61. The van der Waals surface area contributed by atoms with Gasteiger partial charge < -0.3 is 0 Å². The Labute approximate surface area is 67.5 Å². The lowest BCUT2D eigenvalue weighted by Crippen LogP contribution is -2.43. The molecule has 0 atom stereocenters. The molecule has 0 aliphatic rings. The summed E-state index contributed by atoms with van der Waals surface area (Å²) in [6.07, 6.45) is 0. The molecular formula is C8H12O2Si. The van der Waals surface area contributed by atoms with Gasteiger partial charge >= 0.3 is 0 Å². The van der Waals surface area contributed by atoms with Crippen LogP contribution in [0.5, 0.6) is 0 Å². The van der Waals surface area contributed by atoms with Crippen molar-refractivity contribution in [3.8, 4) is 0 Å². The summed E-state index contributed by atoms with van der Waals surface area (Å²) in [5, 5.41) is 9.71. The van der Waals surface area contributed by atoms with Gasteiger partial charge in [-0.25, -0.2) is 0 Å². The highest BCUT2D eigenvalue weighted by Crippen LogP contribution is 2.02. The molecule has 0 aliphatic carbocycles. The molecule has 0 unspecified atom stereocenters. The Morgan fingerprint density at radius 3 is 2.18 bits per heavy atom. The van der Waals surface area contributed by atoms with Crippen molar-refractivity contribution in [2.75, 3.05) is 0 Å². The molecule has 11 heavy (non-hydrogen) atoms. The van der Waals surface area contributed by atoms with E-state index >= 15 is 0 Å². The molecule has 0 spiro atoms. The minimum absolute atomic E-state index is 1.10. The van der Waals surface area contributed by atoms with Gasteiger partial charge in [0, 0.05) is 0 Å². The highest BCUT2D eigenvalue weighted by Gasteiger charge is 2.25. The summed E-state index contributed by atoms with van der Waals surface area (Å²) >= 11 is 0. The van der Waals surface area contributed by atoms with Crippen LogP contribution in [0.4, 0.5) is 0 Å². The van der Waals surface area contributed by atoms with Crippen LogP contribution in [0.15, 0.2) is 30.3 Å². The van der Waals surface area contributed by atoms with Crippen LogP contribution in [0.1, 0.15) is 0 Å². The van der Waals surface area contributed by atoms with E-state index in [4.69, 9.17) is 5.26 Å². The van der Waals surface area contributed by atoms with Gasteiger partial charge in [-0.1, -0.05) is 30.3 Å². The van der Waals surface area contributed by atoms with Crippen molar-refractivity contribution in [1.82, 2.24) is 0 Å². The van der Waals surface area contributed by atoms with E-state index in [1.165, 1.54) is 0 Å².